The summed E-state index contributed by atoms with van der Waals surface area (Å²) in [6.45, 7) is 0.464. The third-order valence-corrected chi connectivity index (χ3v) is 5.13. The van der Waals surface area contributed by atoms with Crippen LogP contribution >= 0.6 is 34.5 Å². The number of benzene rings is 1. The first-order valence-corrected chi connectivity index (χ1v) is 9.43. The lowest BCUT2D eigenvalue weighted by Gasteiger charge is -2.15. The fourth-order valence-electron chi connectivity index (χ4n) is 2.76. The number of hydrogen-bond acceptors (Lipinski definition) is 4. The maximum Gasteiger partial charge on any atom is 0.265 e. The van der Waals surface area contributed by atoms with E-state index in [1.54, 1.807) is 27.8 Å². The molecule has 1 aromatic carbocycles. The fourth-order valence-corrected chi connectivity index (χ4v) is 3.54. The maximum atomic E-state index is 13.0. The van der Waals surface area contributed by atoms with Gasteiger partial charge in [-0.3, -0.25) is 23.0 Å². The zero-order valence-electron chi connectivity index (χ0n) is 13.9. The molecule has 3 heterocycles. The maximum absolute atomic E-state index is 13.0. The smallest absolute Gasteiger partial charge is 0.265 e. The summed E-state index contributed by atoms with van der Waals surface area (Å²) in [5.74, 6) is -0.122. The van der Waals surface area contributed by atoms with E-state index in [4.69, 9.17) is 11.6 Å². The molecule has 1 N–H and O–H groups in total. The number of pyridine rings is 2. The number of nitrogens with one attached hydrogen (secondary N) is 1. The lowest BCUT2D eigenvalue weighted by molar-refractivity contribution is 0.0885. The second-order valence-corrected chi connectivity index (χ2v) is 7.44. The van der Waals surface area contributed by atoms with Crippen molar-refractivity contribution >= 4 is 51.4 Å². The predicted octanol–water partition coefficient (Wildman–Crippen LogP) is 4.67. The zero-order valence-corrected chi connectivity index (χ0v) is 16.8. The topological polar surface area (TPSA) is 74.8 Å². The van der Waals surface area contributed by atoms with Crippen LogP contribution in [0.15, 0.2) is 61.1 Å². The first-order valence-electron chi connectivity index (χ1n) is 8.09. The van der Waals surface area contributed by atoms with Gasteiger partial charge in [-0.25, -0.2) is 0 Å². The van der Waals surface area contributed by atoms with Crippen LogP contribution in [0.3, 0.4) is 0 Å². The van der Waals surface area contributed by atoms with E-state index in [9.17, 15) is 4.79 Å². The van der Waals surface area contributed by atoms with Crippen LogP contribution in [-0.2, 0) is 6.54 Å². The van der Waals surface area contributed by atoms with E-state index in [0.717, 1.165) is 11.1 Å². The summed E-state index contributed by atoms with van der Waals surface area (Å²) >= 11 is 7.94. The number of carbonyl (C=O) groups is 1. The van der Waals surface area contributed by atoms with Crippen molar-refractivity contribution in [2.45, 2.75) is 6.54 Å². The van der Waals surface area contributed by atoms with Gasteiger partial charge >= 0.3 is 0 Å². The predicted molar refractivity (Wildman–Crippen MR) is 112 cm³/mol. The first kappa shape index (κ1) is 17.9. The summed E-state index contributed by atoms with van der Waals surface area (Å²) in [7, 11) is 0. The van der Waals surface area contributed by atoms with Crippen LogP contribution in [0.25, 0.3) is 22.3 Å². The molecule has 0 aliphatic carbocycles. The molecule has 4 aromatic rings. The molecule has 0 unspecified atom stereocenters. The van der Waals surface area contributed by atoms with Gasteiger partial charge in [-0.2, -0.15) is 5.10 Å². The monoisotopic (exact) mass is 489 g/mol. The Balaban J connectivity index is 1.66. The number of H-pyrrole nitrogens is 1. The highest BCUT2D eigenvalue weighted by Gasteiger charge is 2.20. The van der Waals surface area contributed by atoms with E-state index in [2.05, 4.69) is 20.2 Å². The number of rotatable bonds is 4. The fraction of sp³-hybridized carbons (Fsp3) is 0.0526. The molecule has 0 aliphatic heterocycles. The Bertz CT molecular complexity index is 1100. The average molecular weight is 490 g/mol. The Morgan fingerprint density at radius 2 is 1.81 bits per heavy atom. The van der Waals surface area contributed by atoms with Gasteiger partial charge in [0.2, 0.25) is 0 Å². The number of hydrogen-bond donors (Lipinski definition) is 1. The van der Waals surface area contributed by atoms with Crippen molar-refractivity contribution in [1.29, 1.82) is 0 Å². The van der Waals surface area contributed by atoms with Gasteiger partial charge in [0, 0.05) is 29.2 Å². The van der Waals surface area contributed by atoms with Gasteiger partial charge in [-0.15, -0.1) is 0 Å². The van der Waals surface area contributed by atoms with E-state index in [1.807, 2.05) is 59.3 Å². The molecular weight excluding hydrogens is 477 g/mol. The number of fused-ring (bicyclic) bond motifs is 1. The molecule has 8 heteroatoms. The van der Waals surface area contributed by atoms with Gasteiger partial charge in [0.1, 0.15) is 11.2 Å². The summed E-state index contributed by atoms with van der Waals surface area (Å²) in [5, 5.41) is 7.99. The molecule has 0 bridgehead atoms. The van der Waals surface area contributed by atoms with Gasteiger partial charge in [0.05, 0.1) is 40.5 Å². The summed E-state index contributed by atoms with van der Waals surface area (Å²) < 4.78 is 1.63. The molecule has 0 spiro atoms. The van der Waals surface area contributed by atoms with Crippen LogP contribution in [-0.4, -0.2) is 29.2 Å². The van der Waals surface area contributed by atoms with Crippen molar-refractivity contribution in [3.8, 4) is 11.3 Å². The molecular formula is C19H13ClIN5O. The molecule has 4 rings (SSSR count). The third kappa shape index (κ3) is 3.65. The van der Waals surface area contributed by atoms with Crippen LogP contribution in [0.4, 0.5) is 0 Å². The third-order valence-electron chi connectivity index (χ3n) is 4.09. The molecule has 0 fully saturated rings. The Morgan fingerprint density at radius 3 is 2.56 bits per heavy atom. The van der Waals surface area contributed by atoms with Crippen LogP contribution in [0, 0.1) is 0 Å². The summed E-state index contributed by atoms with van der Waals surface area (Å²) in [4.78, 5) is 21.4. The van der Waals surface area contributed by atoms with Crippen molar-refractivity contribution in [3.05, 3.63) is 77.2 Å². The van der Waals surface area contributed by atoms with E-state index < -0.39 is 0 Å². The van der Waals surface area contributed by atoms with Gasteiger partial charge in [-0.05, 0) is 35.9 Å². The van der Waals surface area contributed by atoms with Crippen LogP contribution < -0.4 is 0 Å². The molecule has 0 aliphatic rings. The van der Waals surface area contributed by atoms with Crippen LogP contribution in [0.2, 0.25) is 5.02 Å². The zero-order chi connectivity index (χ0) is 18.8. The molecule has 0 saturated heterocycles. The van der Waals surface area contributed by atoms with Gasteiger partial charge < -0.3 is 0 Å². The normalized spacial score (nSPS) is 10.9. The van der Waals surface area contributed by atoms with Crippen molar-refractivity contribution in [2.24, 2.45) is 0 Å². The Kier molecular flexibility index (Phi) is 5.04. The first-order chi connectivity index (χ1) is 13.1. The minimum absolute atomic E-state index is 0.122. The highest BCUT2D eigenvalue weighted by Crippen LogP contribution is 2.27. The molecule has 3 aromatic heterocycles. The summed E-state index contributed by atoms with van der Waals surface area (Å²) in [5.41, 5.74) is 4.38. The highest BCUT2D eigenvalue weighted by molar-refractivity contribution is 14.1. The molecule has 6 nitrogen and oxygen atoms in total. The molecule has 0 atom stereocenters. The average Bonchev–Trinajstić information content (AvgIpc) is 3.14. The number of carbonyl (C=O) groups excluding carboxylic acids is 1. The number of aromatic amines is 1. The van der Waals surface area contributed by atoms with Crippen LogP contribution in [0.5, 0.6) is 0 Å². The number of nitrogens with zero attached hydrogens (tertiary/aromatic N) is 4. The summed E-state index contributed by atoms with van der Waals surface area (Å²) in [6.07, 6.45) is 5.02. The Labute approximate surface area is 174 Å². The highest BCUT2D eigenvalue weighted by atomic mass is 127. The van der Waals surface area contributed by atoms with E-state index >= 15 is 0 Å². The van der Waals surface area contributed by atoms with Gasteiger partial charge in [0.15, 0.2) is 0 Å². The van der Waals surface area contributed by atoms with Crippen molar-refractivity contribution < 1.29 is 4.79 Å². The minimum atomic E-state index is -0.122. The van der Waals surface area contributed by atoms with Crippen molar-refractivity contribution in [3.63, 3.8) is 0 Å². The number of halogens is 2. The SMILES string of the molecule is O=C(c1ccnc2c(-c3ccncc3)n[nH]c12)N(I)Cc1ccc(Cl)cc1. The summed E-state index contributed by atoms with van der Waals surface area (Å²) in [6, 6.07) is 12.8. The largest absolute Gasteiger partial charge is 0.276 e. The van der Waals surface area contributed by atoms with E-state index in [0.29, 0.717) is 33.9 Å². The molecule has 134 valence electrons. The Morgan fingerprint density at radius 1 is 1.07 bits per heavy atom. The molecule has 0 saturated carbocycles. The molecule has 0 radical (unpaired) electrons. The quantitative estimate of drug-likeness (QED) is 0.334. The van der Waals surface area contributed by atoms with Gasteiger partial charge in [0.25, 0.3) is 5.91 Å². The van der Waals surface area contributed by atoms with E-state index in [1.165, 1.54) is 0 Å². The second kappa shape index (κ2) is 7.61. The van der Waals surface area contributed by atoms with Crippen molar-refractivity contribution in [2.75, 3.05) is 0 Å². The minimum Gasteiger partial charge on any atom is -0.276 e. The standard InChI is InChI=1S/C19H13ClIN5O/c20-14-3-1-12(2-4-14)11-26(21)19(27)15-7-10-23-18-16(24-25-17(15)18)13-5-8-22-9-6-13/h1-10H,11H2,(H,24,25). The lowest BCUT2D eigenvalue weighted by atomic mass is 10.1. The van der Waals surface area contributed by atoms with E-state index in [-0.39, 0.29) is 5.91 Å². The van der Waals surface area contributed by atoms with Crippen LogP contribution in [0.1, 0.15) is 15.9 Å². The number of aromatic nitrogens is 4. The van der Waals surface area contributed by atoms with Crippen molar-refractivity contribution in [1.82, 2.24) is 23.3 Å². The Hall–Kier alpha value is -2.52. The lowest BCUT2D eigenvalue weighted by Crippen LogP contribution is -2.20. The van der Waals surface area contributed by atoms with Gasteiger partial charge in [-0.1, -0.05) is 23.7 Å². The number of amides is 1. The molecule has 1 amide bonds. The molecule has 27 heavy (non-hydrogen) atoms. The second-order valence-electron chi connectivity index (χ2n) is 5.84.